The van der Waals surface area contributed by atoms with E-state index >= 15 is 0 Å². The normalized spacial score (nSPS) is 24.9. The average Bonchev–Trinajstić information content (AvgIpc) is 3.34. The van der Waals surface area contributed by atoms with Gasteiger partial charge in [-0.1, -0.05) is 0 Å². The van der Waals surface area contributed by atoms with Crippen LogP contribution < -0.4 is 5.32 Å². The van der Waals surface area contributed by atoms with Crippen LogP contribution in [-0.4, -0.2) is 43.8 Å². The quantitative estimate of drug-likeness (QED) is 0.915. The van der Waals surface area contributed by atoms with Gasteiger partial charge in [0.25, 0.3) is 0 Å². The Morgan fingerprint density at radius 1 is 1.21 bits per heavy atom. The van der Waals surface area contributed by atoms with Crippen molar-refractivity contribution in [1.82, 2.24) is 24.6 Å². The number of rotatable bonds is 5. The topological polar surface area (TPSA) is 58.9 Å². The molecule has 2 aliphatic rings. The van der Waals surface area contributed by atoms with E-state index in [2.05, 4.69) is 38.4 Å². The molecule has 1 saturated heterocycles. The number of nitrogens with zero attached hydrogens (tertiary/aromatic N) is 5. The molecule has 0 spiro atoms. The van der Waals surface area contributed by atoms with Crippen LogP contribution in [-0.2, 0) is 7.05 Å². The first kappa shape index (κ1) is 15.6. The van der Waals surface area contributed by atoms with Crippen molar-refractivity contribution in [3.8, 4) is 0 Å². The van der Waals surface area contributed by atoms with Crippen molar-refractivity contribution in [3.05, 3.63) is 35.9 Å². The Kier molecular flexibility index (Phi) is 4.22. The molecule has 0 radical (unpaired) electrons. The Morgan fingerprint density at radius 2 is 2.08 bits per heavy atom. The van der Waals surface area contributed by atoms with Crippen molar-refractivity contribution in [2.24, 2.45) is 13.0 Å². The summed E-state index contributed by atoms with van der Waals surface area (Å²) in [5.41, 5.74) is 2.33. The van der Waals surface area contributed by atoms with Gasteiger partial charge in [-0.05, 0) is 57.2 Å². The fourth-order valence-corrected chi connectivity index (χ4v) is 3.98. The van der Waals surface area contributed by atoms with Crippen molar-refractivity contribution in [3.63, 3.8) is 0 Å². The van der Waals surface area contributed by atoms with Gasteiger partial charge in [0.2, 0.25) is 5.95 Å². The Hall–Kier alpha value is -1.95. The van der Waals surface area contributed by atoms with E-state index in [0.29, 0.717) is 12.0 Å². The maximum absolute atomic E-state index is 4.48. The minimum Gasteiger partial charge on any atom is -0.354 e. The standard InChI is InChI=1S/C18H26N6/c1-13-7-9-19-18(22-13)20-12-14-4-3-11-24(15-5-6-15)17(14)16-8-10-21-23(16)2/h7-10,14-15,17H,3-6,11-12H2,1-2H3,(H,19,20,22)/t14-,17+/m0/s1. The Morgan fingerprint density at radius 3 is 2.79 bits per heavy atom. The molecule has 2 fully saturated rings. The van der Waals surface area contributed by atoms with Crippen molar-refractivity contribution in [1.29, 1.82) is 0 Å². The lowest BCUT2D eigenvalue weighted by Crippen LogP contribution is -2.43. The summed E-state index contributed by atoms with van der Waals surface area (Å²) in [5.74, 6) is 1.29. The van der Waals surface area contributed by atoms with Gasteiger partial charge in [0.05, 0.1) is 11.7 Å². The average molecular weight is 326 g/mol. The number of piperidine rings is 1. The highest BCUT2D eigenvalue weighted by atomic mass is 15.3. The SMILES string of the molecule is Cc1ccnc(NC[C@@H]2CCCN(C3CC3)[C@H]2c2ccnn2C)n1. The number of aryl methyl sites for hydroxylation is 2. The molecule has 1 aliphatic heterocycles. The number of aromatic nitrogens is 4. The van der Waals surface area contributed by atoms with Crippen LogP contribution in [0.25, 0.3) is 0 Å². The molecule has 128 valence electrons. The maximum Gasteiger partial charge on any atom is 0.222 e. The zero-order chi connectivity index (χ0) is 16.5. The van der Waals surface area contributed by atoms with E-state index in [1.54, 1.807) is 0 Å². The lowest BCUT2D eigenvalue weighted by Gasteiger charge is -2.41. The number of nitrogens with one attached hydrogen (secondary N) is 1. The van der Waals surface area contributed by atoms with E-state index in [-0.39, 0.29) is 0 Å². The second kappa shape index (κ2) is 6.51. The molecule has 0 unspecified atom stereocenters. The van der Waals surface area contributed by atoms with Crippen LogP contribution in [0, 0.1) is 12.8 Å². The lowest BCUT2D eigenvalue weighted by atomic mass is 9.86. The fourth-order valence-electron chi connectivity index (χ4n) is 3.98. The lowest BCUT2D eigenvalue weighted by molar-refractivity contribution is 0.0841. The molecule has 1 aliphatic carbocycles. The monoisotopic (exact) mass is 326 g/mol. The van der Waals surface area contributed by atoms with E-state index in [1.807, 2.05) is 30.1 Å². The molecule has 2 atom stereocenters. The predicted octanol–water partition coefficient (Wildman–Crippen LogP) is 2.55. The van der Waals surface area contributed by atoms with E-state index < -0.39 is 0 Å². The minimum atomic E-state index is 0.441. The van der Waals surface area contributed by atoms with Gasteiger partial charge in [0.15, 0.2) is 0 Å². The molecule has 6 heteroatoms. The molecule has 2 aromatic rings. The molecule has 3 heterocycles. The zero-order valence-electron chi connectivity index (χ0n) is 14.5. The second-order valence-corrected chi connectivity index (χ2v) is 7.10. The van der Waals surface area contributed by atoms with Crippen molar-refractivity contribution >= 4 is 5.95 Å². The van der Waals surface area contributed by atoms with Crippen LogP contribution in [0.5, 0.6) is 0 Å². The first-order chi connectivity index (χ1) is 11.7. The molecular weight excluding hydrogens is 300 g/mol. The third-order valence-corrected chi connectivity index (χ3v) is 5.29. The zero-order valence-corrected chi connectivity index (χ0v) is 14.5. The summed E-state index contributed by atoms with van der Waals surface area (Å²) in [6.45, 7) is 4.11. The summed E-state index contributed by atoms with van der Waals surface area (Å²) in [4.78, 5) is 11.5. The molecule has 24 heavy (non-hydrogen) atoms. The van der Waals surface area contributed by atoms with Crippen LogP contribution in [0.3, 0.4) is 0 Å². The Bertz CT molecular complexity index is 692. The van der Waals surface area contributed by atoms with Gasteiger partial charge < -0.3 is 5.32 Å². The molecule has 0 bridgehead atoms. The molecule has 0 aromatic carbocycles. The Balaban J connectivity index is 1.54. The van der Waals surface area contributed by atoms with Crippen molar-refractivity contribution in [2.45, 2.75) is 44.7 Å². The smallest absolute Gasteiger partial charge is 0.222 e. The highest BCUT2D eigenvalue weighted by Gasteiger charge is 2.41. The van der Waals surface area contributed by atoms with Crippen LogP contribution in [0.4, 0.5) is 5.95 Å². The van der Waals surface area contributed by atoms with Crippen LogP contribution in [0.15, 0.2) is 24.5 Å². The summed E-state index contributed by atoms with van der Waals surface area (Å²) in [6.07, 6.45) is 8.93. The summed E-state index contributed by atoms with van der Waals surface area (Å²) in [7, 11) is 2.06. The van der Waals surface area contributed by atoms with E-state index in [9.17, 15) is 0 Å². The second-order valence-electron chi connectivity index (χ2n) is 7.10. The van der Waals surface area contributed by atoms with Gasteiger partial charge >= 0.3 is 0 Å². The number of hydrogen-bond acceptors (Lipinski definition) is 5. The Labute approximate surface area is 143 Å². The largest absolute Gasteiger partial charge is 0.354 e. The van der Waals surface area contributed by atoms with Crippen molar-refractivity contribution in [2.75, 3.05) is 18.4 Å². The summed E-state index contributed by atoms with van der Waals surface area (Å²) >= 11 is 0. The number of anilines is 1. The van der Waals surface area contributed by atoms with Gasteiger partial charge in [-0.2, -0.15) is 5.10 Å². The van der Waals surface area contributed by atoms with Gasteiger partial charge in [0, 0.05) is 37.7 Å². The van der Waals surface area contributed by atoms with E-state index in [4.69, 9.17) is 0 Å². The predicted molar refractivity (Wildman–Crippen MR) is 93.7 cm³/mol. The summed E-state index contributed by atoms with van der Waals surface area (Å²) < 4.78 is 2.04. The van der Waals surface area contributed by atoms with E-state index in [1.165, 1.54) is 37.9 Å². The molecule has 4 rings (SSSR count). The maximum atomic E-state index is 4.48. The van der Waals surface area contributed by atoms with Crippen LogP contribution in [0.1, 0.15) is 43.1 Å². The molecule has 6 nitrogen and oxygen atoms in total. The van der Waals surface area contributed by atoms with Gasteiger partial charge in [0.1, 0.15) is 0 Å². The first-order valence-corrected chi connectivity index (χ1v) is 8.99. The molecule has 1 N–H and O–H groups in total. The number of likely N-dealkylation sites (tertiary alicyclic amines) is 1. The summed E-state index contributed by atoms with van der Waals surface area (Å²) in [6, 6.07) is 5.32. The fraction of sp³-hybridized carbons (Fsp3) is 0.611. The number of hydrogen-bond donors (Lipinski definition) is 1. The van der Waals surface area contributed by atoms with Gasteiger partial charge in [-0.25, -0.2) is 9.97 Å². The first-order valence-electron chi connectivity index (χ1n) is 8.99. The van der Waals surface area contributed by atoms with E-state index in [0.717, 1.165) is 24.2 Å². The van der Waals surface area contributed by atoms with Crippen molar-refractivity contribution < 1.29 is 0 Å². The van der Waals surface area contributed by atoms with Gasteiger partial charge in [-0.3, -0.25) is 9.58 Å². The molecule has 1 saturated carbocycles. The molecule has 0 amide bonds. The third-order valence-electron chi connectivity index (χ3n) is 5.29. The molecular formula is C18H26N6. The highest BCUT2D eigenvalue weighted by Crippen LogP contribution is 2.42. The minimum absolute atomic E-state index is 0.441. The van der Waals surface area contributed by atoms with Gasteiger partial charge in [-0.15, -0.1) is 0 Å². The molecule has 2 aromatic heterocycles. The van der Waals surface area contributed by atoms with Crippen LogP contribution >= 0.6 is 0 Å². The summed E-state index contributed by atoms with van der Waals surface area (Å²) in [5, 5.41) is 7.88. The third kappa shape index (κ3) is 3.15. The highest BCUT2D eigenvalue weighted by molar-refractivity contribution is 5.25. The van der Waals surface area contributed by atoms with Crippen LogP contribution in [0.2, 0.25) is 0 Å².